The third-order valence-electron chi connectivity index (χ3n) is 3.33. The van der Waals surface area contributed by atoms with Crippen LogP contribution >= 0.6 is 0 Å². The third kappa shape index (κ3) is 3.78. The molecule has 1 saturated heterocycles. The van der Waals surface area contributed by atoms with Crippen LogP contribution in [0, 0.1) is 0 Å². The van der Waals surface area contributed by atoms with E-state index >= 15 is 0 Å². The minimum absolute atomic E-state index is 0.0636. The molecule has 6 heteroatoms. The summed E-state index contributed by atoms with van der Waals surface area (Å²) in [5, 5.41) is 2.99. The lowest BCUT2D eigenvalue weighted by molar-refractivity contribution is 0.0955. The Bertz CT molecular complexity index is 310. The summed E-state index contributed by atoms with van der Waals surface area (Å²) < 4.78 is 4.65. The van der Waals surface area contributed by atoms with Crippen molar-refractivity contribution in [1.29, 1.82) is 0 Å². The summed E-state index contributed by atoms with van der Waals surface area (Å²) in [6.07, 6.45) is 0.546. The maximum absolute atomic E-state index is 12.0. The molecule has 1 heterocycles. The highest BCUT2D eigenvalue weighted by molar-refractivity contribution is 5.75. The van der Waals surface area contributed by atoms with Crippen LogP contribution in [-0.2, 0) is 4.74 Å². The Morgan fingerprint density at radius 2 is 1.67 bits per heavy atom. The molecule has 3 amide bonds. The molecule has 0 aromatic rings. The van der Waals surface area contributed by atoms with Crippen molar-refractivity contribution < 1.29 is 14.3 Å². The number of nitrogens with zero attached hydrogens (tertiary/aromatic N) is 2. The molecule has 104 valence electrons. The Morgan fingerprint density at radius 3 is 2.11 bits per heavy atom. The van der Waals surface area contributed by atoms with Crippen LogP contribution in [0.5, 0.6) is 0 Å². The molecule has 1 aliphatic rings. The summed E-state index contributed by atoms with van der Waals surface area (Å²) in [6.45, 7) is 8.15. The first-order chi connectivity index (χ1) is 8.39. The van der Waals surface area contributed by atoms with Gasteiger partial charge in [0.2, 0.25) is 0 Å². The third-order valence-corrected chi connectivity index (χ3v) is 3.33. The Kier molecular flexibility index (Phi) is 4.81. The number of amides is 3. The molecule has 0 aromatic heterocycles. The number of urea groups is 1. The molecular weight excluding hydrogens is 234 g/mol. The minimum Gasteiger partial charge on any atom is -0.453 e. The van der Waals surface area contributed by atoms with Crippen molar-refractivity contribution in [2.75, 3.05) is 33.3 Å². The van der Waals surface area contributed by atoms with Crippen LogP contribution in [0.4, 0.5) is 9.59 Å². The molecule has 0 unspecified atom stereocenters. The zero-order chi connectivity index (χ0) is 13.8. The first-order valence-electron chi connectivity index (χ1n) is 6.29. The van der Waals surface area contributed by atoms with Gasteiger partial charge in [-0.25, -0.2) is 9.59 Å². The largest absolute Gasteiger partial charge is 0.453 e. The van der Waals surface area contributed by atoms with E-state index in [-0.39, 0.29) is 17.7 Å². The van der Waals surface area contributed by atoms with E-state index in [1.165, 1.54) is 7.11 Å². The molecule has 6 nitrogen and oxygen atoms in total. The van der Waals surface area contributed by atoms with Gasteiger partial charge in [-0.1, -0.05) is 6.92 Å². The Labute approximate surface area is 108 Å². The monoisotopic (exact) mass is 257 g/mol. The zero-order valence-electron chi connectivity index (χ0n) is 11.7. The molecule has 1 aliphatic heterocycles. The molecule has 0 saturated carbocycles. The Hall–Kier alpha value is -1.46. The highest BCUT2D eigenvalue weighted by Gasteiger charge is 2.27. The second-order valence-corrected chi connectivity index (χ2v) is 5.11. The van der Waals surface area contributed by atoms with E-state index < -0.39 is 0 Å². The van der Waals surface area contributed by atoms with E-state index in [0.29, 0.717) is 26.2 Å². The molecule has 0 aliphatic carbocycles. The van der Waals surface area contributed by atoms with Gasteiger partial charge in [-0.15, -0.1) is 0 Å². The predicted molar refractivity (Wildman–Crippen MR) is 68.5 cm³/mol. The summed E-state index contributed by atoms with van der Waals surface area (Å²) in [7, 11) is 1.37. The standard InChI is InChI=1S/C12H23N3O3/c1-5-12(2,3)13-10(16)14-6-8-15(9-7-14)11(17)18-4/h5-9H2,1-4H3,(H,13,16). The topological polar surface area (TPSA) is 61.9 Å². The lowest BCUT2D eigenvalue weighted by atomic mass is 10.0. The highest BCUT2D eigenvalue weighted by Crippen LogP contribution is 2.09. The summed E-state index contributed by atoms with van der Waals surface area (Å²) in [4.78, 5) is 26.6. The van der Waals surface area contributed by atoms with E-state index in [1.807, 2.05) is 20.8 Å². The van der Waals surface area contributed by atoms with Gasteiger partial charge in [-0.2, -0.15) is 0 Å². The average molecular weight is 257 g/mol. The lowest BCUT2D eigenvalue weighted by Gasteiger charge is -2.36. The van der Waals surface area contributed by atoms with Crippen molar-refractivity contribution in [3.8, 4) is 0 Å². The summed E-state index contributed by atoms with van der Waals surface area (Å²) in [6, 6.07) is -0.0636. The van der Waals surface area contributed by atoms with E-state index in [4.69, 9.17) is 0 Å². The van der Waals surface area contributed by atoms with Crippen LogP contribution < -0.4 is 5.32 Å². The molecule has 1 fully saturated rings. The lowest BCUT2D eigenvalue weighted by Crippen LogP contribution is -2.56. The fraction of sp³-hybridized carbons (Fsp3) is 0.833. The Morgan fingerprint density at radius 1 is 1.17 bits per heavy atom. The number of hydrogen-bond acceptors (Lipinski definition) is 3. The Balaban J connectivity index is 2.43. The smallest absolute Gasteiger partial charge is 0.409 e. The fourth-order valence-electron chi connectivity index (χ4n) is 1.68. The van der Waals surface area contributed by atoms with Crippen LogP contribution in [0.25, 0.3) is 0 Å². The van der Waals surface area contributed by atoms with E-state index in [0.717, 1.165) is 6.42 Å². The number of nitrogens with one attached hydrogen (secondary N) is 1. The van der Waals surface area contributed by atoms with E-state index in [9.17, 15) is 9.59 Å². The van der Waals surface area contributed by atoms with Gasteiger partial charge in [0.15, 0.2) is 0 Å². The maximum atomic E-state index is 12.0. The van der Waals surface area contributed by atoms with Crippen LogP contribution in [0.15, 0.2) is 0 Å². The quantitative estimate of drug-likeness (QED) is 0.810. The molecule has 1 N–H and O–H groups in total. The van der Waals surface area contributed by atoms with Crippen molar-refractivity contribution >= 4 is 12.1 Å². The summed E-state index contributed by atoms with van der Waals surface area (Å²) >= 11 is 0. The van der Waals surface area contributed by atoms with E-state index in [1.54, 1.807) is 9.80 Å². The van der Waals surface area contributed by atoms with Gasteiger partial charge in [0, 0.05) is 31.7 Å². The van der Waals surface area contributed by atoms with Crippen molar-refractivity contribution in [3.63, 3.8) is 0 Å². The molecule has 0 spiro atoms. The van der Waals surface area contributed by atoms with Crippen LogP contribution in [0.1, 0.15) is 27.2 Å². The van der Waals surface area contributed by atoms with Gasteiger partial charge in [-0.05, 0) is 20.3 Å². The van der Waals surface area contributed by atoms with Gasteiger partial charge in [0.05, 0.1) is 7.11 Å². The first-order valence-corrected chi connectivity index (χ1v) is 6.29. The fourth-order valence-corrected chi connectivity index (χ4v) is 1.68. The number of hydrogen-bond donors (Lipinski definition) is 1. The van der Waals surface area contributed by atoms with Gasteiger partial charge in [0.1, 0.15) is 0 Å². The number of ether oxygens (including phenoxy) is 1. The number of carbonyl (C=O) groups is 2. The van der Waals surface area contributed by atoms with Crippen molar-refractivity contribution in [2.24, 2.45) is 0 Å². The van der Waals surface area contributed by atoms with Crippen LogP contribution in [-0.4, -0.2) is 60.8 Å². The molecule has 1 rings (SSSR count). The number of piperazine rings is 1. The number of carbonyl (C=O) groups excluding carboxylic acids is 2. The SMILES string of the molecule is CCC(C)(C)NC(=O)N1CCN(C(=O)OC)CC1. The average Bonchev–Trinajstić information content (AvgIpc) is 2.37. The van der Waals surface area contributed by atoms with Crippen LogP contribution in [0.3, 0.4) is 0 Å². The molecule has 0 radical (unpaired) electrons. The second-order valence-electron chi connectivity index (χ2n) is 5.11. The molecule has 0 atom stereocenters. The zero-order valence-corrected chi connectivity index (χ0v) is 11.7. The van der Waals surface area contributed by atoms with E-state index in [2.05, 4.69) is 10.1 Å². The molecular formula is C12H23N3O3. The van der Waals surface area contributed by atoms with Crippen molar-refractivity contribution in [3.05, 3.63) is 0 Å². The maximum Gasteiger partial charge on any atom is 0.409 e. The second kappa shape index (κ2) is 5.93. The van der Waals surface area contributed by atoms with Gasteiger partial charge < -0.3 is 19.9 Å². The molecule has 18 heavy (non-hydrogen) atoms. The van der Waals surface area contributed by atoms with Gasteiger partial charge in [-0.3, -0.25) is 0 Å². The van der Waals surface area contributed by atoms with Gasteiger partial charge in [0.25, 0.3) is 0 Å². The molecule has 0 bridgehead atoms. The minimum atomic E-state index is -0.330. The summed E-state index contributed by atoms with van der Waals surface area (Å²) in [5.41, 5.74) is -0.198. The number of methoxy groups -OCH3 is 1. The van der Waals surface area contributed by atoms with Crippen LogP contribution in [0.2, 0.25) is 0 Å². The first kappa shape index (κ1) is 14.6. The molecule has 0 aromatic carbocycles. The summed E-state index contributed by atoms with van der Waals surface area (Å²) in [5.74, 6) is 0. The van der Waals surface area contributed by atoms with Crippen molar-refractivity contribution in [1.82, 2.24) is 15.1 Å². The van der Waals surface area contributed by atoms with Crippen molar-refractivity contribution in [2.45, 2.75) is 32.7 Å². The number of rotatable bonds is 2. The van der Waals surface area contributed by atoms with Gasteiger partial charge >= 0.3 is 12.1 Å². The normalized spacial score (nSPS) is 16.4. The predicted octanol–water partition coefficient (Wildman–Crippen LogP) is 1.27. The highest BCUT2D eigenvalue weighted by atomic mass is 16.5.